The molecule has 2 rings (SSSR count). The van der Waals surface area contributed by atoms with Gasteiger partial charge in [0.2, 0.25) is 0 Å². The molecule has 15 heavy (non-hydrogen) atoms. The fraction of sp³-hybridized carbons (Fsp3) is 0.200. The minimum Gasteiger partial charge on any atom is -0.301 e. The molecule has 78 valence electrons. The van der Waals surface area contributed by atoms with Crippen molar-refractivity contribution >= 4 is 34.4 Å². The van der Waals surface area contributed by atoms with Crippen LogP contribution in [-0.2, 0) is 0 Å². The number of benzene rings is 1. The number of hydrogen-bond donors (Lipinski definition) is 1. The summed E-state index contributed by atoms with van der Waals surface area (Å²) in [5, 5.41) is 3.99. The summed E-state index contributed by atoms with van der Waals surface area (Å²) in [6, 6.07) is 6.85. The van der Waals surface area contributed by atoms with Gasteiger partial charge in [-0.05, 0) is 18.2 Å². The minimum absolute atomic E-state index is 0.161. The van der Waals surface area contributed by atoms with Crippen LogP contribution in [0.25, 0.3) is 0 Å². The largest absolute Gasteiger partial charge is 0.301 e. The molecule has 1 aliphatic rings. The molecule has 0 saturated carbocycles. The van der Waals surface area contributed by atoms with Crippen molar-refractivity contribution < 1.29 is 4.79 Å². The third kappa shape index (κ3) is 2.73. The Labute approximate surface area is 96.9 Å². The van der Waals surface area contributed by atoms with Gasteiger partial charge in [0.1, 0.15) is 0 Å². The topological polar surface area (TPSA) is 41.5 Å². The fourth-order valence-corrected chi connectivity index (χ4v) is 2.12. The Kier molecular flexibility index (Phi) is 3.28. The van der Waals surface area contributed by atoms with Crippen LogP contribution in [0.5, 0.6) is 0 Å². The standard InChI is InChI=1S/C10H9ClN2OS/c11-8-3-1-2-7(6-8)9(14)13-10-12-4-5-15-10/h1-3,6H,4-5H2,(H,12,13,14). The molecular weight excluding hydrogens is 232 g/mol. The van der Waals surface area contributed by atoms with Crippen molar-refractivity contribution in [3.63, 3.8) is 0 Å². The molecule has 1 aromatic rings. The number of aliphatic imine (C=N–C) groups is 1. The quantitative estimate of drug-likeness (QED) is 0.818. The Morgan fingerprint density at radius 2 is 2.40 bits per heavy atom. The smallest absolute Gasteiger partial charge is 0.257 e. The molecule has 1 aromatic carbocycles. The molecule has 5 heteroatoms. The lowest BCUT2D eigenvalue weighted by Crippen LogP contribution is -2.27. The molecule has 3 nitrogen and oxygen atoms in total. The number of rotatable bonds is 1. The van der Waals surface area contributed by atoms with Gasteiger partial charge in [-0.3, -0.25) is 9.79 Å². The maximum atomic E-state index is 11.7. The van der Waals surface area contributed by atoms with Crippen LogP contribution in [0.2, 0.25) is 5.02 Å². The number of carbonyl (C=O) groups is 1. The molecular formula is C10H9ClN2OS. The number of thioether (sulfide) groups is 1. The van der Waals surface area contributed by atoms with E-state index in [4.69, 9.17) is 11.6 Å². The second kappa shape index (κ2) is 4.68. The average Bonchev–Trinajstić information content (AvgIpc) is 2.70. The summed E-state index contributed by atoms with van der Waals surface area (Å²) in [7, 11) is 0. The molecule has 0 spiro atoms. The molecule has 1 heterocycles. The van der Waals surface area contributed by atoms with E-state index in [2.05, 4.69) is 10.3 Å². The normalized spacial score (nSPS) is 14.9. The first-order valence-electron chi connectivity index (χ1n) is 4.50. The Morgan fingerprint density at radius 1 is 1.53 bits per heavy atom. The van der Waals surface area contributed by atoms with Crippen LogP contribution >= 0.6 is 23.4 Å². The van der Waals surface area contributed by atoms with Gasteiger partial charge in [0.05, 0.1) is 6.54 Å². The van der Waals surface area contributed by atoms with Gasteiger partial charge in [0, 0.05) is 16.3 Å². The summed E-state index contributed by atoms with van der Waals surface area (Å²) >= 11 is 7.34. The van der Waals surface area contributed by atoms with Crippen molar-refractivity contribution in [2.75, 3.05) is 12.3 Å². The van der Waals surface area contributed by atoms with Gasteiger partial charge in [-0.1, -0.05) is 29.4 Å². The van der Waals surface area contributed by atoms with Crippen molar-refractivity contribution in [1.29, 1.82) is 0 Å². The van der Waals surface area contributed by atoms with Crippen LogP contribution < -0.4 is 5.32 Å². The van der Waals surface area contributed by atoms with Crippen molar-refractivity contribution in [3.8, 4) is 0 Å². The Bertz CT molecular complexity index is 420. The van der Waals surface area contributed by atoms with E-state index in [9.17, 15) is 4.79 Å². The highest BCUT2D eigenvalue weighted by molar-refractivity contribution is 8.14. The van der Waals surface area contributed by atoms with E-state index < -0.39 is 0 Å². The number of amidine groups is 1. The minimum atomic E-state index is -0.161. The van der Waals surface area contributed by atoms with Crippen molar-refractivity contribution in [3.05, 3.63) is 34.9 Å². The summed E-state index contributed by atoms with van der Waals surface area (Å²) in [5.74, 6) is 0.774. The van der Waals surface area contributed by atoms with E-state index in [1.165, 1.54) is 0 Å². The second-order valence-corrected chi connectivity index (χ2v) is 4.52. The van der Waals surface area contributed by atoms with Gasteiger partial charge < -0.3 is 5.32 Å². The number of amides is 1. The summed E-state index contributed by atoms with van der Waals surface area (Å²) in [6.45, 7) is 0.774. The Balaban J connectivity index is 2.07. The average molecular weight is 241 g/mol. The SMILES string of the molecule is O=C(NC1=NCCS1)c1cccc(Cl)c1. The third-order valence-corrected chi connectivity index (χ3v) is 3.02. The zero-order valence-electron chi connectivity index (χ0n) is 7.87. The highest BCUT2D eigenvalue weighted by Gasteiger charge is 2.12. The predicted molar refractivity (Wildman–Crippen MR) is 63.7 cm³/mol. The van der Waals surface area contributed by atoms with E-state index >= 15 is 0 Å². The molecule has 1 amide bonds. The highest BCUT2D eigenvalue weighted by Crippen LogP contribution is 2.12. The zero-order chi connectivity index (χ0) is 10.7. The van der Waals surface area contributed by atoms with Gasteiger partial charge in [-0.2, -0.15) is 0 Å². The number of nitrogens with zero attached hydrogens (tertiary/aromatic N) is 1. The lowest BCUT2D eigenvalue weighted by atomic mass is 10.2. The maximum Gasteiger partial charge on any atom is 0.257 e. The monoisotopic (exact) mass is 240 g/mol. The van der Waals surface area contributed by atoms with Crippen molar-refractivity contribution in [2.45, 2.75) is 0 Å². The lowest BCUT2D eigenvalue weighted by Gasteiger charge is -2.03. The molecule has 0 bridgehead atoms. The van der Waals surface area contributed by atoms with Crippen LogP contribution in [0.4, 0.5) is 0 Å². The van der Waals surface area contributed by atoms with Crippen LogP contribution in [0.3, 0.4) is 0 Å². The van der Waals surface area contributed by atoms with Gasteiger partial charge >= 0.3 is 0 Å². The van der Waals surface area contributed by atoms with Crippen LogP contribution in [0, 0.1) is 0 Å². The maximum absolute atomic E-state index is 11.7. The second-order valence-electron chi connectivity index (χ2n) is 3.00. The number of nitrogens with one attached hydrogen (secondary N) is 1. The van der Waals surface area contributed by atoms with Crippen LogP contribution in [0.15, 0.2) is 29.3 Å². The first-order valence-corrected chi connectivity index (χ1v) is 5.86. The molecule has 0 fully saturated rings. The zero-order valence-corrected chi connectivity index (χ0v) is 9.44. The summed E-state index contributed by atoms with van der Waals surface area (Å²) in [4.78, 5) is 15.8. The van der Waals surface area contributed by atoms with Crippen molar-refractivity contribution in [2.24, 2.45) is 4.99 Å². The molecule has 0 radical (unpaired) electrons. The Morgan fingerprint density at radius 3 is 3.07 bits per heavy atom. The van der Waals surface area contributed by atoms with Crippen molar-refractivity contribution in [1.82, 2.24) is 5.32 Å². The number of carbonyl (C=O) groups excluding carboxylic acids is 1. The number of halogens is 1. The van der Waals surface area contributed by atoms with Gasteiger partial charge in [-0.25, -0.2) is 0 Å². The molecule has 0 aliphatic carbocycles. The van der Waals surface area contributed by atoms with E-state index in [1.807, 2.05) is 0 Å². The van der Waals surface area contributed by atoms with E-state index in [1.54, 1.807) is 36.0 Å². The van der Waals surface area contributed by atoms with Crippen LogP contribution in [-0.4, -0.2) is 23.4 Å². The molecule has 1 aliphatic heterocycles. The van der Waals surface area contributed by atoms with Gasteiger partial charge in [0.15, 0.2) is 5.17 Å². The highest BCUT2D eigenvalue weighted by atomic mass is 35.5. The fourth-order valence-electron chi connectivity index (χ4n) is 1.21. The molecule has 0 aromatic heterocycles. The van der Waals surface area contributed by atoms with Gasteiger partial charge in [0.25, 0.3) is 5.91 Å². The third-order valence-electron chi connectivity index (χ3n) is 1.89. The summed E-state index contributed by atoms with van der Waals surface area (Å²) < 4.78 is 0. The van der Waals surface area contributed by atoms with Crippen LogP contribution in [0.1, 0.15) is 10.4 Å². The van der Waals surface area contributed by atoms with E-state index in [-0.39, 0.29) is 5.91 Å². The van der Waals surface area contributed by atoms with Gasteiger partial charge in [-0.15, -0.1) is 0 Å². The first-order chi connectivity index (χ1) is 7.25. The Hall–Kier alpha value is -1.00. The first kappa shape index (κ1) is 10.5. The molecule has 0 unspecified atom stereocenters. The lowest BCUT2D eigenvalue weighted by molar-refractivity contribution is 0.0978. The molecule has 1 N–H and O–H groups in total. The molecule has 0 atom stereocenters. The summed E-state index contributed by atoms with van der Waals surface area (Å²) in [6.07, 6.45) is 0. The predicted octanol–water partition coefficient (Wildman–Crippen LogP) is 2.17. The number of hydrogen-bond acceptors (Lipinski definition) is 3. The van der Waals surface area contributed by atoms with E-state index in [0.717, 1.165) is 12.3 Å². The molecule has 0 saturated heterocycles. The van der Waals surface area contributed by atoms with E-state index in [0.29, 0.717) is 15.8 Å². The summed E-state index contributed by atoms with van der Waals surface area (Å²) in [5.41, 5.74) is 0.553.